The van der Waals surface area contributed by atoms with Crippen LogP contribution in [0.5, 0.6) is 0 Å². The first-order valence-corrected chi connectivity index (χ1v) is 3.75. The maximum atomic E-state index is 5.74. The van der Waals surface area contributed by atoms with Crippen molar-refractivity contribution in [2.75, 3.05) is 0 Å². The fourth-order valence-electron chi connectivity index (χ4n) is 0. The molecular formula is C5H11Cl2P. The van der Waals surface area contributed by atoms with Crippen molar-refractivity contribution in [3.63, 3.8) is 0 Å². The lowest BCUT2D eigenvalue weighted by molar-refractivity contribution is 0.428. The van der Waals surface area contributed by atoms with Crippen LogP contribution in [0.3, 0.4) is 0 Å². The minimum Gasteiger partial charge on any atom is -0.0982 e. The zero-order valence-corrected chi connectivity index (χ0v) is 8.00. The van der Waals surface area contributed by atoms with Gasteiger partial charge < -0.3 is 0 Å². The second-order valence-corrected chi connectivity index (χ2v) is 5.86. The van der Waals surface area contributed by atoms with Crippen LogP contribution in [0.1, 0.15) is 20.8 Å². The number of hydrogen-bond donors (Lipinski definition) is 0. The quantitative estimate of drug-likeness (QED) is 0.390. The summed E-state index contributed by atoms with van der Waals surface area (Å²) in [5.74, 6) is 0. The predicted molar refractivity (Wildman–Crippen MR) is 43.6 cm³/mol. The molecule has 50 valence electrons. The highest BCUT2D eigenvalue weighted by molar-refractivity contribution is 7.27. The van der Waals surface area contributed by atoms with Crippen molar-refractivity contribution in [1.82, 2.24) is 0 Å². The molecule has 8 heavy (non-hydrogen) atoms. The Morgan fingerprint density at radius 2 is 1.25 bits per heavy atom. The first kappa shape index (κ1) is 9.01. The summed E-state index contributed by atoms with van der Waals surface area (Å²) < 4.78 is -0.701. The standard InChI is InChI=1S/C5H11Cl2P/c1-4(2,3)5(6,7)8/h8H2,1-3H3. The molecule has 0 radical (unpaired) electrons. The fourth-order valence-corrected chi connectivity index (χ4v) is 0. The van der Waals surface area contributed by atoms with E-state index >= 15 is 0 Å². The van der Waals surface area contributed by atoms with Crippen molar-refractivity contribution in [3.05, 3.63) is 0 Å². The third-order valence-corrected chi connectivity index (χ3v) is 3.00. The Kier molecular flexibility index (Phi) is 2.62. The fraction of sp³-hybridized carbons (Fsp3) is 1.00. The predicted octanol–water partition coefficient (Wildman–Crippen LogP) is 3.04. The number of alkyl halides is 2. The van der Waals surface area contributed by atoms with E-state index in [0.717, 1.165) is 0 Å². The van der Waals surface area contributed by atoms with E-state index in [1.165, 1.54) is 0 Å². The molecule has 0 amide bonds. The van der Waals surface area contributed by atoms with Crippen LogP contribution < -0.4 is 0 Å². The third kappa shape index (κ3) is 2.53. The average molecular weight is 173 g/mol. The van der Waals surface area contributed by atoms with Crippen molar-refractivity contribution in [3.8, 4) is 0 Å². The van der Waals surface area contributed by atoms with Crippen molar-refractivity contribution >= 4 is 32.4 Å². The summed E-state index contributed by atoms with van der Waals surface area (Å²) in [7, 11) is 2.39. The van der Waals surface area contributed by atoms with Gasteiger partial charge in [0, 0.05) is 0 Å². The van der Waals surface area contributed by atoms with Gasteiger partial charge in [-0.05, 0) is 5.41 Å². The van der Waals surface area contributed by atoms with Crippen LogP contribution in [0, 0.1) is 5.41 Å². The van der Waals surface area contributed by atoms with E-state index in [0.29, 0.717) is 0 Å². The van der Waals surface area contributed by atoms with Crippen LogP contribution in [0.15, 0.2) is 0 Å². The first-order valence-electron chi connectivity index (χ1n) is 2.42. The molecule has 0 aliphatic rings. The molecule has 0 aromatic heterocycles. The molecule has 0 heterocycles. The molecule has 1 atom stereocenters. The van der Waals surface area contributed by atoms with Crippen LogP contribution >= 0.6 is 32.4 Å². The van der Waals surface area contributed by atoms with Crippen molar-refractivity contribution in [2.45, 2.75) is 24.8 Å². The number of halogens is 2. The Balaban J connectivity index is 4.02. The van der Waals surface area contributed by atoms with Gasteiger partial charge in [-0.3, -0.25) is 0 Å². The average Bonchev–Trinajstić information content (AvgIpc) is 1.25. The highest BCUT2D eigenvalue weighted by atomic mass is 35.5. The second kappa shape index (κ2) is 2.33. The molecule has 0 aliphatic carbocycles. The van der Waals surface area contributed by atoms with Crippen LogP contribution in [0.25, 0.3) is 0 Å². The summed E-state index contributed by atoms with van der Waals surface area (Å²) in [6, 6.07) is 0. The summed E-state index contributed by atoms with van der Waals surface area (Å²) in [6.45, 7) is 5.96. The van der Waals surface area contributed by atoms with Gasteiger partial charge in [0.1, 0.15) is 4.07 Å². The topological polar surface area (TPSA) is 0 Å². The molecule has 0 N–H and O–H groups in total. The van der Waals surface area contributed by atoms with Gasteiger partial charge in [-0.25, -0.2) is 0 Å². The molecule has 0 aromatic carbocycles. The van der Waals surface area contributed by atoms with E-state index in [4.69, 9.17) is 23.2 Å². The Morgan fingerprint density at radius 3 is 1.25 bits per heavy atom. The van der Waals surface area contributed by atoms with Crippen molar-refractivity contribution in [1.29, 1.82) is 0 Å². The maximum absolute atomic E-state index is 5.74. The van der Waals surface area contributed by atoms with Crippen LogP contribution in [0.2, 0.25) is 0 Å². The summed E-state index contributed by atoms with van der Waals surface area (Å²) >= 11 is 11.5. The molecule has 0 fully saturated rings. The van der Waals surface area contributed by atoms with Gasteiger partial charge >= 0.3 is 0 Å². The zero-order chi connectivity index (χ0) is 7.00. The zero-order valence-electron chi connectivity index (χ0n) is 5.33. The summed E-state index contributed by atoms with van der Waals surface area (Å²) in [6.07, 6.45) is 0. The minimum atomic E-state index is -0.701. The van der Waals surface area contributed by atoms with Gasteiger partial charge in [0.2, 0.25) is 0 Å². The Morgan fingerprint density at radius 1 is 1.12 bits per heavy atom. The van der Waals surface area contributed by atoms with Gasteiger partial charge in [-0.2, -0.15) is 0 Å². The SMILES string of the molecule is CC(C)(C)C(P)(Cl)Cl. The lowest BCUT2D eigenvalue weighted by Gasteiger charge is -2.29. The lowest BCUT2D eigenvalue weighted by atomic mass is 10.00. The molecule has 0 spiro atoms. The molecule has 0 aromatic rings. The molecule has 0 nitrogen and oxygen atoms in total. The second-order valence-electron chi connectivity index (χ2n) is 2.87. The monoisotopic (exact) mass is 172 g/mol. The third-order valence-electron chi connectivity index (χ3n) is 1.000. The summed E-state index contributed by atoms with van der Waals surface area (Å²) in [5, 5.41) is 0. The van der Waals surface area contributed by atoms with Crippen LogP contribution in [-0.4, -0.2) is 4.07 Å². The van der Waals surface area contributed by atoms with Crippen LogP contribution in [-0.2, 0) is 0 Å². The van der Waals surface area contributed by atoms with Crippen molar-refractivity contribution in [2.24, 2.45) is 5.41 Å². The molecule has 0 rings (SSSR count). The first-order chi connectivity index (χ1) is 3.25. The van der Waals surface area contributed by atoms with E-state index in [1.807, 2.05) is 20.8 Å². The summed E-state index contributed by atoms with van der Waals surface area (Å²) in [4.78, 5) is 0. The van der Waals surface area contributed by atoms with Gasteiger partial charge in [-0.15, -0.1) is 0 Å². The molecule has 0 saturated carbocycles. The van der Waals surface area contributed by atoms with Gasteiger partial charge in [0.15, 0.2) is 0 Å². The number of hydrogen-bond acceptors (Lipinski definition) is 0. The highest BCUT2D eigenvalue weighted by Crippen LogP contribution is 2.45. The van der Waals surface area contributed by atoms with Gasteiger partial charge in [0.05, 0.1) is 0 Å². The van der Waals surface area contributed by atoms with Gasteiger partial charge in [-0.1, -0.05) is 53.2 Å². The molecule has 3 heteroatoms. The van der Waals surface area contributed by atoms with E-state index in [-0.39, 0.29) is 5.41 Å². The summed E-state index contributed by atoms with van der Waals surface area (Å²) in [5.41, 5.74) is -0.0687. The molecular weight excluding hydrogens is 162 g/mol. The maximum Gasteiger partial charge on any atom is 0.135 e. The molecule has 0 bridgehead atoms. The highest BCUT2D eigenvalue weighted by Gasteiger charge is 2.32. The Hall–Kier alpha value is 1.01. The molecule has 1 unspecified atom stereocenters. The lowest BCUT2D eigenvalue weighted by Crippen LogP contribution is -2.23. The van der Waals surface area contributed by atoms with Crippen LogP contribution in [0.4, 0.5) is 0 Å². The number of rotatable bonds is 0. The van der Waals surface area contributed by atoms with E-state index in [9.17, 15) is 0 Å². The normalized spacial score (nSPS) is 14.2. The van der Waals surface area contributed by atoms with E-state index in [1.54, 1.807) is 0 Å². The van der Waals surface area contributed by atoms with E-state index < -0.39 is 4.07 Å². The molecule has 0 aliphatic heterocycles. The van der Waals surface area contributed by atoms with Gasteiger partial charge in [0.25, 0.3) is 0 Å². The Labute approximate surface area is 63.1 Å². The van der Waals surface area contributed by atoms with Crippen molar-refractivity contribution < 1.29 is 0 Å². The minimum absolute atomic E-state index is 0.0687. The molecule has 0 saturated heterocycles. The largest absolute Gasteiger partial charge is 0.135 e. The smallest absolute Gasteiger partial charge is 0.0982 e. The Bertz CT molecular complexity index is 65.4. The van der Waals surface area contributed by atoms with E-state index in [2.05, 4.69) is 9.24 Å².